The summed E-state index contributed by atoms with van der Waals surface area (Å²) in [4.78, 5) is 7.95. The summed E-state index contributed by atoms with van der Waals surface area (Å²) in [6, 6.07) is 9.61. The zero-order chi connectivity index (χ0) is 11.4. The fourth-order valence-corrected chi connectivity index (χ4v) is 2.12. The van der Waals surface area contributed by atoms with Crippen LogP contribution >= 0.6 is 23.4 Å². The molecule has 0 aliphatic carbocycles. The number of halogens is 1. The van der Waals surface area contributed by atoms with E-state index in [9.17, 15) is 0 Å². The Hall–Kier alpha value is -1.26. The molecule has 0 unspecified atom stereocenters. The predicted octanol–water partition coefficient (Wildman–Crippen LogP) is 3.00. The summed E-state index contributed by atoms with van der Waals surface area (Å²) in [5.74, 6) is 1.15. The van der Waals surface area contributed by atoms with Crippen LogP contribution in [0, 0.1) is 0 Å². The first kappa shape index (κ1) is 11.2. The number of hydrogen-bond acceptors (Lipinski definition) is 4. The molecule has 1 aromatic carbocycles. The summed E-state index contributed by atoms with van der Waals surface area (Å²) in [5.41, 5.74) is 6.69. The van der Waals surface area contributed by atoms with Crippen LogP contribution in [-0.4, -0.2) is 9.97 Å². The molecule has 0 bridgehead atoms. The van der Waals surface area contributed by atoms with Gasteiger partial charge in [0.1, 0.15) is 5.03 Å². The van der Waals surface area contributed by atoms with Gasteiger partial charge in [0, 0.05) is 17.0 Å². The third-order valence-corrected chi connectivity index (χ3v) is 3.20. The SMILES string of the molecule is Nc1nccc(SCc2ccc(Cl)cc2)n1. The van der Waals surface area contributed by atoms with Crippen LogP contribution in [-0.2, 0) is 5.75 Å². The van der Waals surface area contributed by atoms with Crippen LogP contribution < -0.4 is 5.73 Å². The molecule has 1 aromatic heterocycles. The topological polar surface area (TPSA) is 51.8 Å². The molecule has 0 aliphatic heterocycles. The number of anilines is 1. The van der Waals surface area contributed by atoms with Crippen LogP contribution in [0.2, 0.25) is 5.02 Å². The van der Waals surface area contributed by atoms with Crippen LogP contribution in [0.1, 0.15) is 5.56 Å². The quantitative estimate of drug-likeness (QED) is 0.673. The molecule has 2 aromatic rings. The van der Waals surface area contributed by atoms with E-state index in [1.807, 2.05) is 30.3 Å². The van der Waals surface area contributed by atoms with Gasteiger partial charge < -0.3 is 5.73 Å². The second kappa shape index (κ2) is 5.18. The van der Waals surface area contributed by atoms with Crippen LogP contribution in [0.5, 0.6) is 0 Å². The lowest BCUT2D eigenvalue weighted by Gasteiger charge is -2.01. The van der Waals surface area contributed by atoms with E-state index in [0.29, 0.717) is 5.95 Å². The molecule has 16 heavy (non-hydrogen) atoms. The summed E-state index contributed by atoms with van der Waals surface area (Å²) in [7, 11) is 0. The second-order valence-corrected chi connectivity index (χ2v) is 4.60. The van der Waals surface area contributed by atoms with Crippen LogP contribution in [0.4, 0.5) is 5.95 Å². The fraction of sp³-hybridized carbons (Fsp3) is 0.0909. The van der Waals surface area contributed by atoms with Gasteiger partial charge in [-0.05, 0) is 23.8 Å². The van der Waals surface area contributed by atoms with E-state index in [2.05, 4.69) is 9.97 Å². The van der Waals surface area contributed by atoms with Crippen molar-refractivity contribution in [3.05, 3.63) is 47.1 Å². The third-order valence-electron chi connectivity index (χ3n) is 1.95. The zero-order valence-corrected chi connectivity index (χ0v) is 10.0. The minimum Gasteiger partial charge on any atom is -0.368 e. The number of nitrogens with two attached hydrogens (primary N) is 1. The minimum absolute atomic E-state index is 0.307. The number of aromatic nitrogens is 2. The largest absolute Gasteiger partial charge is 0.368 e. The zero-order valence-electron chi connectivity index (χ0n) is 8.43. The highest BCUT2D eigenvalue weighted by Crippen LogP contribution is 2.21. The molecule has 5 heteroatoms. The second-order valence-electron chi connectivity index (χ2n) is 3.17. The van der Waals surface area contributed by atoms with E-state index < -0.39 is 0 Å². The van der Waals surface area contributed by atoms with Gasteiger partial charge in [0.25, 0.3) is 0 Å². The maximum absolute atomic E-state index is 5.81. The molecule has 82 valence electrons. The molecule has 0 spiro atoms. The van der Waals surface area contributed by atoms with Crippen molar-refractivity contribution in [2.45, 2.75) is 10.8 Å². The molecular formula is C11H10ClN3S. The number of hydrogen-bond donors (Lipinski definition) is 1. The molecule has 0 aliphatic rings. The Labute approximate surface area is 103 Å². The summed E-state index contributed by atoms with van der Waals surface area (Å²) in [6.07, 6.45) is 1.66. The van der Waals surface area contributed by atoms with Crippen molar-refractivity contribution in [2.24, 2.45) is 0 Å². The molecule has 1 heterocycles. The smallest absolute Gasteiger partial charge is 0.221 e. The molecule has 0 amide bonds. The van der Waals surface area contributed by atoms with Gasteiger partial charge in [-0.25, -0.2) is 9.97 Å². The van der Waals surface area contributed by atoms with Gasteiger partial charge in [0.15, 0.2) is 0 Å². The molecule has 2 rings (SSSR count). The van der Waals surface area contributed by atoms with Crippen LogP contribution in [0.3, 0.4) is 0 Å². The van der Waals surface area contributed by atoms with Crippen molar-refractivity contribution in [1.29, 1.82) is 0 Å². The Morgan fingerprint density at radius 3 is 2.62 bits per heavy atom. The van der Waals surface area contributed by atoms with Crippen molar-refractivity contribution in [3.63, 3.8) is 0 Å². The lowest BCUT2D eigenvalue weighted by atomic mass is 10.2. The van der Waals surface area contributed by atoms with Crippen molar-refractivity contribution in [3.8, 4) is 0 Å². The summed E-state index contributed by atoms with van der Waals surface area (Å²) in [6.45, 7) is 0. The van der Waals surface area contributed by atoms with E-state index in [1.165, 1.54) is 5.56 Å². The van der Waals surface area contributed by atoms with Crippen molar-refractivity contribution < 1.29 is 0 Å². The van der Waals surface area contributed by atoms with Crippen molar-refractivity contribution >= 4 is 29.3 Å². The molecule has 0 saturated heterocycles. The highest BCUT2D eigenvalue weighted by atomic mass is 35.5. The Morgan fingerprint density at radius 2 is 1.94 bits per heavy atom. The van der Waals surface area contributed by atoms with Gasteiger partial charge in [-0.15, -0.1) is 11.8 Å². The Bertz CT molecular complexity index is 473. The fourth-order valence-electron chi connectivity index (χ4n) is 1.17. The molecule has 3 nitrogen and oxygen atoms in total. The van der Waals surface area contributed by atoms with Gasteiger partial charge in [0.05, 0.1) is 0 Å². The summed E-state index contributed by atoms with van der Waals surface area (Å²) >= 11 is 7.43. The van der Waals surface area contributed by atoms with Gasteiger partial charge in [-0.3, -0.25) is 0 Å². The molecule has 0 fully saturated rings. The first-order valence-corrected chi connectivity index (χ1v) is 6.06. The van der Waals surface area contributed by atoms with Crippen molar-refractivity contribution in [1.82, 2.24) is 9.97 Å². The summed E-state index contributed by atoms with van der Waals surface area (Å²) < 4.78 is 0. The first-order chi connectivity index (χ1) is 7.74. The predicted molar refractivity (Wildman–Crippen MR) is 67.5 cm³/mol. The maximum atomic E-state index is 5.81. The number of rotatable bonds is 3. The van der Waals surface area contributed by atoms with E-state index >= 15 is 0 Å². The van der Waals surface area contributed by atoms with Crippen LogP contribution in [0.15, 0.2) is 41.6 Å². The van der Waals surface area contributed by atoms with E-state index in [0.717, 1.165) is 15.8 Å². The van der Waals surface area contributed by atoms with Gasteiger partial charge in [-0.2, -0.15) is 0 Å². The lowest BCUT2D eigenvalue weighted by molar-refractivity contribution is 1.06. The number of thioether (sulfide) groups is 1. The first-order valence-electron chi connectivity index (χ1n) is 4.70. The van der Waals surface area contributed by atoms with Gasteiger partial charge in [-0.1, -0.05) is 23.7 Å². The van der Waals surface area contributed by atoms with E-state index in [-0.39, 0.29) is 0 Å². The number of nitrogens with zero attached hydrogens (tertiary/aromatic N) is 2. The van der Waals surface area contributed by atoms with E-state index in [4.69, 9.17) is 17.3 Å². The normalized spacial score (nSPS) is 10.3. The Kier molecular flexibility index (Phi) is 3.64. The summed E-state index contributed by atoms with van der Waals surface area (Å²) in [5, 5.41) is 1.63. The monoisotopic (exact) mass is 251 g/mol. The molecule has 0 atom stereocenters. The van der Waals surface area contributed by atoms with E-state index in [1.54, 1.807) is 18.0 Å². The highest BCUT2D eigenvalue weighted by Gasteiger charge is 1.98. The molecule has 0 radical (unpaired) electrons. The van der Waals surface area contributed by atoms with Crippen LogP contribution in [0.25, 0.3) is 0 Å². The molecule has 0 saturated carbocycles. The minimum atomic E-state index is 0.307. The third kappa shape index (κ3) is 3.12. The molecular weight excluding hydrogens is 242 g/mol. The van der Waals surface area contributed by atoms with Crippen molar-refractivity contribution in [2.75, 3.05) is 5.73 Å². The molecule has 2 N–H and O–H groups in total. The average Bonchev–Trinajstić information content (AvgIpc) is 2.28. The van der Waals surface area contributed by atoms with Gasteiger partial charge in [0.2, 0.25) is 5.95 Å². The number of nitrogen functional groups attached to an aromatic ring is 1. The Balaban J connectivity index is 1.99. The van der Waals surface area contributed by atoms with Gasteiger partial charge >= 0.3 is 0 Å². The number of benzene rings is 1. The average molecular weight is 252 g/mol. The highest BCUT2D eigenvalue weighted by molar-refractivity contribution is 7.98. The lowest BCUT2D eigenvalue weighted by Crippen LogP contribution is -1.94. The maximum Gasteiger partial charge on any atom is 0.221 e. The Morgan fingerprint density at radius 1 is 1.19 bits per heavy atom. The standard InChI is InChI=1S/C11H10ClN3S/c12-9-3-1-8(2-4-9)7-16-10-5-6-14-11(13)15-10/h1-6H,7H2,(H2,13,14,15).